The van der Waals surface area contributed by atoms with Gasteiger partial charge in [0.25, 0.3) is 10.0 Å². The van der Waals surface area contributed by atoms with E-state index in [1.807, 2.05) is 24.3 Å². The van der Waals surface area contributed by atoms with Gasteiger partial charge in [0.1, 0.15) is 18.4 Å². The van der Waals surface area contributed by atoms with Crippen molar-refractivity contribution < 1.29 is 22.4 Å². The van der Waals surface area contributed by atoms with E-state index >= 15 is 0 Å². The summed E-state index contributed by atoms with van der Waals surface area (Å²) in [4.78, 5) is 28.5. The summed E-state index contributed by atoms with van der Waals surface area (Å²) < 4.78 is 43.2. The number of amides is 2. The Bertz CT molecular complexity index is 1450. The number of hydrogen-bond acceptors (Lipinski definition) is 4. The average Bonchev–Trinajstić information content (AvgIpc) is 3.46. The minimum Gasteiger partial charge on any atom is -0.352 e. The first kappa shape index (κ1) is 30.0. The van der Waals surface area contributed by atoms with Crippen LogP contribution >= 0.6 is 27.5 Å². The van der Waals surface area contributed by atoms with Gasteiger partial charge in [-0.25, -0.2) is 12.8 Å². The minimum atomic E-state index is -4.26. The molecule has 0 aromatic heterocycles. The Labute approximate surface area is 247 Å². The van der Waals surface area contributed by atoms with Gasteiger partial charge in [0.2, 0.25) is 11.8 Å². The van der Waals surface area contributed by atoms with Gasteiger partial charge in [-0.2, -0.15) is 0 Å². The van der Waals surface area contributed by atoms with Gasteiger partial charge in [-0.1, -0.05) is 70.7 Å². The maximum Gasteiger partial charge on any atom is 0.264 e. The van der Waals surface area contributed by atoms with Gasteiger partial charge >= 0.3 is 0 Å². The summed E-state index contributed by atoms with van der Waals surface area (Å²) >= 11 is 9.40. The van der Waals surface area contributed by atoms with E-state index in [4.69, 9.17) is 11.6 Å². The minimum absolute atomic E-state index is 0.0234. The number of nitrogens with one attached hydrogen (secondary N) is 1. The molecule has 7 nitrogen and oxygen atoms in total. The standard InChI is InChI=1S/C29H30BrClFN3O4S/c1-20(29(37)33-23-7-5-6-8-23)34(18-21-11-13-22(30)14-12-21)28(36)19-35(24-15-16-27(32)26(31)17-24)40(38,39)25-9-3-2-4-10-25/h2-4,9-17,20,23H,5-8,18-19H2,1H3,(H,33,37). The van der Waals surface area contributed by atoms with Gasteiger partial charge < -0.3 is 10.2 Å². The van der Waals surface area contributed by atoms with Crippen molar-refractivity contribution in [3.63, 3.8) is 0 Å². The van der Waals surface area contributed by atoms with Gasteiger partial charge in [-0.05, 0) is 67.8 Å². The highest BCUT2D eigenvalue weighted by molar-refractivity contribution is 9.10. The zero-order valence-corrected chi connectivity index (χ0v) is 25.1. The van der Waals surface area contributed by atoms with E-state index in [2.05, 4.69) is 21.2 Å². The zero-order chi connectivity index (χ0) is 28.9. The van der Waals surface area contributed by atoms with Crippen LogP contribution in [0.25, 0.3) is 0 Å². The van der Waals surface area contributed by atoms with Gasteiger partial charge in [0.15, 0.2) is 0 Å². The van der Waals surface area contributed by atoms with Crippen molar-refractivity contribution in [1.82, 2.24) is 10.2 Å². The second-order valence-corrected chi connectivity index (χ2v) is 12.9. The van der Waals surface area contributed by atoms with Crippen LogP contribution in [0, 0.1) is 5.82 Å². The maximum absolute atomic E-state index is 14.0. The topological polar surface area (TPSA) is 86.8 Å². The van der Waals surface area contributed by atoms with Crippen LogP contribution in [0.1, 0.15) is 38.2 Å². The number of sulfonamides is 1. The van der Waals surface area contributed by atoms with Crippen molar-refractivity contribution in [1.29, 1.82) is 0 Å². The van der Waals surface area contributed by atoms with Gasteiger partial charge in [-0.15, -0.1) is 0 Å². The molecular formula is C29H30BrClFN3O4S. The molecule has 1 atom stereocenters. The normalized spacial score (nSPS) is 14.5. The van der Waals surface area contributed by atoms with E-state index in [0.29, 0.717) is 0 Å². The lowest BCUT2D eigenvalue weighted by atomic mass is 10.1. The molecule has 0 spiro atoms. The molecule has 1 unspecified atom stereocenters. The smallest absolute Gasteiger partial charge is 0.264 e. The largest absolute Gasteiger partial charge is 0.352 e. The molecule has 1 aliphatic rings. The van der Waals surface area contributed by atoms with Gasteiger partial charge in [0, 0.05) is 17.1 Å². The predicted molar refractivity (Wildman–Crippen MR) is 157 cm³/mol. The van der Waals surface area contributed by atoms with Crippen molar-refractivity contribution in [2.45, 2.75) is 56.1 Å². The quantitative estimate of drug-likeness (QED) is 0.296. The summed E-state index contributed by atoms with van der Waals surface area (Å²) in [5.74, 6) is -1.63. The zero-order valence-electron chi connectivity index (χ0n) is 21.9. The Hall–Kier alpha value is -2.95. The second-order valence-electron chi connectivity index (χ2n) is 9.74. The molecule has 11 heteroatoms. The first-order chi connectivity index (χ1) is 19.1. The van der Waals surface area contributed by atoms with Crippen molar-refractivity contribution in [3.05, 3.63) is 93.7 Å². The first-order valence-electron chi connectivity index (χ1n) is 12.9. The van der Waals surface area contributed by atoms with Crippen LogP contribution in [0.2, 0.25) is 5.02 Å². The summed E-state index contributed by atoms with van der Waals surface area (Å²) in [6.07, 6.45) is 3.84. The van der Waals surface area contributed by atoms with E-state index in [1.165, 1.54) is 29.2 Å². The van der Waals surface area contributed by atoms with Crippen LogP contribution in [0.5, 0.6) is 0 Å². The van der Waals surface area contributed by atoms with E-state index in [1.54, 1.807) is 25.1 Å². The molecule has 212 valence electrons. The third-order valence-electron chi connectivity index (χ3n) is 6.94. The molecule has 0 aliphatic heterocycles. The number of nitrogens with zero attached hydrogens (tertiary/aromatic N) is 2. The SMILES string of the molecule is CC(C(=O)NC1CCCC1)N(Cc1ccc(Br)cc1)C(=O)CN(c1ccc(F)c(Cl)c1)S(=O)(=O)c1ccccc1. The molecule has 1 fully saturated rings. The second kappa shape index (κ2) is 13.1. The molecule has 40 heavy (non-hydrogen) atoms. The Morgan fingerprint density at radius 2 is 1.70 bits per heavy atom. The predicted octanol–water partition coefficient (Wildman–Crippen LogP) is 5.91. The van der Waals surface area contributed by atoms with E-state index in [0.717, 1.165) is 46.1 Å². The number of hydrogen-bond donors (Lipinski definition) is 1. The Kier molecular flexibility index (Phi) is 9.86. The molecule has 4 rings (SSSR count). The Morgan fingerprint density at radius 3 is 2.33 bits per heavy atom. The highest BCUT2D eigenvalue weighted by Gasteiger charge is 2.33. The summed E-state index contributed by atoms with van der Waals surface area (Å²) in [6, 6.07) is 17.6. The van der Waals surface area contributed by atoms with Crippen LogP contribution in [0.3, 0.4) is 0 Å². The molecule has 1 saturated carbocycles. The fourth-order valence-electron chi connectivity index (χ4n) is 4.65. The average molecular weight is 651 g/mol. The molecule has 3 aromatic rings. The van der Waals surface area contributed by atoms with Crippen molar-refractivity contribution in [2.24, 2.45) is 0 Å². The number of anilines is 1. The van der Waals surface area contributed by atoms with Crippen LogP contribution in [0.15, 0.2) is 82.2 Å². The lowest BCUT2D eigenvalue weighted by molar-refractivity contribution is -0.139. The molecule has 3 aromatic carbocycles. The number of carbonyl (C=O) groups is 2. The van der Waals surface area contributed by atoms with Crippen LogP contribution < -0.4 is 9.62 Å². The van der Waals surface area contributed by atoms with Crippen LogP contribution in [0.4, 0.5) is 10.1 Å². The molecular weight excluding hydrogens is 621 g/mol. The molecule has 0 radical (unpaired) electrons. The molecule has 0 saturated heterocycles. The monoisotopic (exact) mass is 649 g/mol. The van der Waals surface area contributed by atoms with Crippen LogP contribution in [-0.4, -0.2) is 43.8 Å². The van der Waals surface area contributed by atoms with E-state index < -0.39 is 34.3 Å². The third-order valence-corrected chi connectivity index (χ3v) is 9.54. The van der Waals surface area contributed by atoms with Gasteiger partial charge in [0.05, 0.1) is 15.6 Å². The molecule has 2 amide bonds. The van der Waals surface area contributed by atoms with E-state index in [9.17, 15) is 22.4 Å². The summed E-state index contributed by atoms with van der Waals surface area (Å²) in [5, 5.41) is 2.75. The lowest BCUT2D eigenvalue weighted by Gasteiger charge is -2.32. The highest BCUT2D eigenvalue weighted by atomic mass is 79.9. The highest BCUT2D eigenvalue weighted by Crippen LogP contribution is 2.28. The van der Waals surface area contributed by atoms with Crippen LogP contribution in [-0.2, 0) is 26.2 Å². The fraction of sp³-hybridized carbons (Fsp3) is 0.310. The number of rotatable bonds is 10. The van der Waals surface area contributed by atoms with Crippen molar-refractivity contribution in [2.75, 3.05) is 10.8 Å². The summed E-state index contributed by atoms with van der Waals surface area (Å²) in [5.41, 5.74) is 0.787. The molecule has 1 aliphatic carbocycles. The fourth-order valence-corrected chi connectivity index (χ4v) is 6.52. The number of benzene rings is 3. The molecule has 0 bridgehead atoms. The Balaban J connectivity index is 1.69. The van der Waals surface area contributed by atoms with Crippen molar-refractivity contribution in [3.8, 4) is 0 Å². The maximum atomic E-state index is 14.0. The third kappa shape index (κ3) is 7.21. The molecule has 0 heterocycles. The first-order valence-corrected chi connectivity index (χ1v) is 15.5. The van der Waals surface area contributed by atoms with Gasteiger partial charge in [-0.3, -0.25) is 13.9 Å². The Morgan fingerprint density at radius 1 is 1.05 bits per heavy atom. The number of carbonyl (C=O) groups excluding carboxylic acids is 2. The summed E-state index contributed by atoms with van der Waals surface area (Å²) in [6.45, 7) is 1.08. The van der Waals surface area contributed by atoms with E-state index in [-0.39, 0.29) is 34.1 Å². The van der Waals surface area contributed by atoms with Crippen molar-refractivity contribution >= 4 is 55.1 Å². The molecule has 1 N–H and O–H groups in total. The summed E-state index contributed by atoms with van der Waals surface area (Å²) in [7, 11) is -4.26. The lowest BCUT2D eigenvalue weighted by Crippen LogP contribution is -2.52. The number of halogens is 3.